The van der Waals surface area contributed by atoms with Crippen LogP contribution in [-0.4, -0.2) is 77.5 Å². The summed E-state index contributed by atoms with van der Waals surface area (Å²) in [5, 5.41) is 9.81. The van der Waals surface area contributed by atoms with Crippen LogP contribution in [0.5, 0.6) is 0 Å². The molecule has 1 aliphatic carbocycles. The monoisotopic (exact) mass is 433 g/mol. The predicted octanol–water partition coefficient (Wildman–Crippen LogP) is 2.38. The quantitative estimate of drug-likeness (QED) is 0.433. The van der Waals surface area contributed by atoms with Gasteiger partial charge in [-0.3, -0.25) is 9.88 Å². The Morgan fingerprint density at radius 2 is 2.06 bits per heavy atom. The number of ether oxygens (including phenoxy) is 1. The maximum atomic E-state index is 12.0. The fourth-order valence-corrected chi connectivity index (χ4v) is 4.94. The van der Waals surface area contributed by atoms with Gasteiger partial charge in [-0.25, -0.2) is 4.79 Å². The Bertz CT molecular complexity index is 689. The zero-order valence-electron chi connectivity index (χ0n) is 18.6. The molecular weight excluding hydrogens is 394 g/mol. The second-order valence-corrected chi connectivity index (χ2v) is 8.76. The summed E-state index contributed by atoms with van der Waals surface area (Å²) in [6, 6.07) is 4.36. The van der Waals surface area contributed by atoms with Crippen LogP contribution in [0.1, 0.15) is 62.2 Å². The third-order valence-electron chi connectivity index (χ3n) is 6.52. The maximum absolute atomic E-state index is 12.0. The van der Waals surface area contributed by atoms with Crippen LogP contribution in [0.4, 0.5) is 4.79 Å². The van der Waals surface area contributed by atoms with E-state index < -0.39 is 6.09 Å². The Balaban J connectivity index is 1.70. The first kappa shape index (κ1) is 23.9. The average molecular weight is 434 g/mol. The molecule has 1 saturated heterocycles. The van der Waals surface area contributed by atoms with E-state index >= 15 is 0 Å². The van der Waals surface area contributed by atoms with E-state index in [1.54, 1.807) is 4.90 Å². The van der Waals surface area contributed by atoms with Gasteiger partial charge in [0.2, 0.25) is 0 Å². The predicted molar refractivity (Wildman–Crippen MR) is 121 cm³/mol. The number of nitrogens with two attached hydrogens (primary N) is 2. The minimum atomic E-state index is -0.859. The van der Waals surface area contributed by atoms with Gasteiger partial charge in [-0.05, 0) is 82.6 Å². The zero-order valence-corrected chi connectivity index (χ0v) is 18.6. The highest BCUT2D eigenvalue weighted by Gasteiger charge is 2.38. The van der Waals surface area contributed by atoms with Gasteiger partial charge in [-0.2, -0.15) is 0 Å². The summed E-state index contributed by atoms with van der Waals surface area (Å²) in [5.41, 5.74) is 13.8. The summed E-state index contributed by atoms with van der Waals surface area (Å²) in [4.78, 5) is 20.7. The summed E-state index contributed by atoms with van der Waals surface area (Å²) >= 11 is 0. The summed E-state index contributed by atoms with van der Waals surface area (Å²) < 4.78 is 5.99. The van der Waals surface area contributed by atoms with Crippen molar-refractivity contribution >= 4 is 6.09 Å². The van der Waals surface area contributed by atoms with Crippen LogP contribution in [0.3, 0.4) is 0 Å². The number of amides is 1. The van der Waals surface area contributed by atoms with Crippen LogP contribution >= 0.6 is 0 Å². The SMILES string of the molecule is NCCCCOC1CC(CN(CCCCN)C2CCCc3cccnc32)N(C(=O)O)C1. The minimum absolute atomic E-state index is 0.0402. The highest BCUT2D eigenvalue weighted by molar-refractivity contribution is 5.66. The van der Waals surface area contributed by atoms with Crippen LogP contribution in [0.15, 0.2) is 18.3 Å². The molecule has 8 nitrogen and oxygen atoms in total. The number of aryl methyl sites for hydroxylation is 1. The number of unbranched alkanes of at least 4 members (excludes halogenated alkanes) is 2. The molecule has 1 aliphatic heterocycles. The van der Waals surface area contributed by atoms with E-state index in [9.17, 15) is 9.90 Å². The Hall–Kier alpha value is -1.74. The number of hydrogen-bond acceptors (Lipinski definition) is 6. The average Bonchev–Trinajstić information content (AvgIpc) is 3.19. The zero-order chi connectivity index (χ0) is 22.1. The molecule has 0 bridgehead atoms. The van der Waals surface area contributed by atoms with E-state index in [0.29, 0.717) is 32.8 Å². The second kappa shape index (κ2) is 12.3. The fourth-order valence-electron chi connectivity index (χ4n) is 4.94. The number of likely N-dealkylation sites (tertiary alicyclic amines) is 1. The standard InChI is InChI=1S/C23H39N5O3/c24-10-1-3-13-27(21-9-5-7-18-8-6-12-26-22(18)21)16-19-15-20(17-28(19)23(29)30)31-14-4-2-11-25/h6,8,12,19-21H,1-5,7,9-11,13-17,24-25H2,(H,29,30). The van der Waals surface area contributed by atoms with Gasteiger partial charge in [0, 0.05) is 19.3 Å². The van der Waals surface area contributed by atoms with Crippen molar-refractivity contribution in [1.29, 1.82) is 0 Å². The van der Waals surface area contributed by atoms with Gasteiger partial charge in [0.1, 0.15) is 0 Å². The molecule has 2 heterocycles. The molecule has 0 radical (unpaired) electrons. The number of pyridine rings is 1. The van der Waals surface area contributed by atoms with Crippen molar-refractivity contribution in [3.05, 3.63) is 29.6 Å². The molecule has 0 saturated carbocycles. The Labute approximate surface area is 185 Å². The first-order chi connectivity index (χ1) is 15.1. The molecule has 5 N–H and O–H groups in total. The van der Waals surface area contributed by atoms with Crippen molar-refractivity contribution < 1.29 is 14.6 Å². The number of aromatic nitrogens is 1. The van der Waals surface area contributed by atoms with Crippen molar-refractivity contribution in [3.8, 4) is 0 Å². The minimum Gasteiger partial charge on any atom is -0.465 e. The van der Waals surface area contributed by atoms with E-state index in [1.165, 1.54) is 5.56 Å². The lowest BCUT2D eigenvalue weighted by molar-refractivity contribution is 0.0564. The number of carboxylic acid groups (broad SMARTS) is 1. The van der Waals surface area contributed by atoms with Crippen molar-refractivity contribution in [2.75, 3.05) is 39.3 Å². The molecule has 1 fully saturated rings. The lowest BCUT2D eigenvalue weighted by Gasteiger charge is -2.37. The molecule has 2 aliphatic rings. The lowest BCUT2D eigenvalue weighted by atomic mass is 9.90. The highest BCUT2D eigenvalue weighted by atomic mass is 16.5. The van der Waals surface area contributed by atoms with Crippen molar-refractivity contribution in [2.45, 2.75) is 69.6 Å². The summed E-state index contributed by atoms with van der Waals surface area (Å²) in [6.45, 7) is 4.04. The normalized spacial score (nSPS) is 23.3. The van der Waals surface area contributed by atoms with Crippen LogP contribution in [0.2, 0.25) is 0 Å². The topological polar surface area (TPSA) is 118 Å². The molecule has 0 aromatic carbocycles. The molecule has 31 heavy (non-hydrogen) atoms. The maximum Gasteiger partial charge on any atom is 0.407 e. The fraction of sp³-hybridized carbons (Fsp3) is 0.739. The molecular formula is C23H39N5O3. The van der Waals surface area contributed by atoms with Crippen molar-refractivity contribution in [2.24, 2.45) is 11.5 Å². The summed E-state index contributed by atoms with van der Waals surface area (Å²) in [7, 11) is 0. The molecule has 1 aromatic heterocycles. The molecule has 3 rings (SSSR count). The van der Waals surface area contributed by atoms with Gasteiger partial charge in [-0.1, -0.05) is 6.07 Å². The first-order valence-electron chi connectivity index (χ1n) is 11.8. The van der Waals surface area contributed by atoms with Gasteiger partial charge >= 0.3 is 6.09 Å². The largest absolute Gasteiger partial charge is 0.465 e. The van der Waals surface area contributed by atoms with Gasteiger partial charge < -0.3 is 26.2 Å². The van der Waals surface area contributed by atoms with Crippen LogP contribution in [-0.2, 0) is 11.2 Å². The number of fused-ring (bicyclic) bond motifs is 1. The van der Waals surface area contributed by atoms with E-state index in [1.807, 2.05) is 12.3 Å². The number of carbonyl (C=O) groups is 1. The van der Waals surface area contributed by atoms with Gasteiger partial charge in [0.05, 0.1) is 30.4 Å². The smallest absolute Gasteiger partial charge is 0.407 e. The number of rotatable bonds is 12. The molecule has 3 atom stereocenters. The Morgan fingerprint density at radius 1 is 1.26 bits per heavy atom. The Morgan fingerprint density at radius 3 is 2.84 bits per heavy atom. The molecule has 8 heteroatoms. The summed E-state index contributed by atoms with van der Waals surface area (Å²) in [6.07, 6.45) is 8.81. The van der Waals surface area contributed by atoms with Gasteiger partial charge in [-0.15, -0.1) is 0 Å². The summed E-state index contributed by atoms with van der Waals surface area (Å²) in [5.74, 6) is 0. The van der Waals surface area contributed by atoms with Crippen molar-refractivity contribution in [3.63, 3.8) is 0 Å². The van der Waals surface area contributed by atoms with E-state index in [-0.39, 0.29) is 18.2 Å². The molecule has 0 spiro atoms. The number of hydrogen-bond donors (Lipinski definition) is 3. The van der Waals surface area contributed by atoms with E-state index in [4.69, 9.17) is 21.2 Å². The van der Waals surface area contributed by atoms with Crippen LogP contribution < -0.4 is 11.5 Å². The van der Waals surface area contributed by atoms with Crippen LogP contribution in [0.25, 0.3) is 0 Å². The lowest BCUT2D eigenvalue weighted by Crippen LogP contribution is -2.45. The van der Waals surface area contributed by atoms with Gasteiger partial charge in [0.15, 0.2) is 0 Å². The molecule has 1 amide bonds. The molecule has 1 aromatic rings. The number of nitrogens with zero attached hydrogens (tertiary/aromatic N) is 3. The van der Waals surface area contributed by atoms with Gasteiger partial charge in [0.25, 0.3) is 0 Å². The highest BCUT2D eigenvalue weighted by Crippen LogP contribution is 2.34. The Kier molecular flexibility index (Phi) is 9.52. The van der Waals surface area contributed by atoms with E-state index in [2.05, 4.69) is 11.0 Å². The van der Waals surface area contributed by atoms with Crippen LogP contribution in [0, 0.1) is 0 Å². The molecule has 174 valence electrons. The van der Waals surface area contributed by atoms with Crippen molar-refractivity contribution in [1.82, 2.24) is 14.8 Å². The third kappa shape index (κ3) is 6.62. The third-order valence-corrected chi connectivity index (χ3v) is 6.52. The second-order valence-electron chi connectivity index (χ2n) is 8.76. The first-order valence-corrected chi connectivity index (χ1v) is 11.8. The molecule has 3 unspecified atom stereocenters. The van der Waals surface area contributed by atoms with E-state index in [0.717, 1.165) is 63.6 Å².